The third kappa shape index (κ3) is 5.49. The number of amides is 1. The van der Waals surface area contributed by atoms with Crippen molar-refractivity contribution in [3.8, 4) is 0 Å². The van der Waals surface area contributed by atoms with Crippen molar-refractivity contribution in [1.82, 2.24) is 10.2 Å². The van der Waals surface area contributed by atoms with Gasteiger partial charge in [0.2, 0.25) is 0 Å². The number of halogens is 6. The number of hydrogen-bond donors (Lipinski definition) is 1. The second kappa shape index (κ2) is 9.90. The van der Waals surface area contributed by atoms with Crippen LogP contribution in [0.2, 0.25) is 5.02 Å². The van der Waals surface area contributed by atoms with Crippen LogP contribution >= 0.6 is 39.9 Å². The standard InChI is InChI=1S/C21H21BrClF3N2O.ClH/c1-12-7-13(3-4-18(12)23)17-11-27-6-5-19(17)28(2)20(29)14-8-15(21(24,25)26)10-16(22)9-14;/h3-4,7-10,17,19,27H,5-6,11H2,1-2H3;1H/t17-,19+;/m0./s1. The van der Waals surface area contributed by atoms with E-state index < -0.39 is 17.6 Å². The number of carbonyl (C=O) groups excluding carboxylic acids is 1. The lowest BCUT2D eigenvalue weighted by atomic mass is 9.85. The normalized spacial score (nSPS) is 19.2. The van der Waals surface area contributed by atoms with E-state index in [4.69, 9.17) is 11.6 Å². The van der Waals surface area contributed by atoms with Crippen molar-refractivity contribution in [1.29, 1.82) is 0 Å². The van der Waals surface area contributed by atoms with Gasteiger partial charge >= 0.3 is 6.18 Å². The minimum absolute atomic E-state index is 0. The molecule has 1 saturated heterocycles. The van der Waals surface area contributed by atoms with Gasteiger partial charge < -0.3 is 10.2 Å². The first-order valence-electron chi connectivity index (χ1n) is 9.19. The Hall–Kier alpha value is -1.28. The van der Waals surface area contributed by atoms with Crippen molar-refractivity contribution in [2.75, 3.05) is 20.1 Å². The van der Waals surface area contributed by atoms with Gasteiger partial charge in [-0.3, -0.25) is 4.79 Å². The summed E-state index contributed by atoms with van der Waals surface area (Å²) >= 11 is 9.23. The SMILES string of the molecule is Cc1cc([C@@H]2CNCC[C@H]2N(C)C(=O)c2cc(Br)cc(C(F)(F)F)c2)ccc1Cl.Cl. The van der Waals surface area contributed by atoms with Crippen molar-refractivity contribution in [2.24, 2.45) is 0 Å². The molecule has 2 aromatic carbocycles. The zero-order valence-corrected chi connectivity index (χ0v) is 19.6. The molecular formula is C21H22BrCl2F3N2O. The van der Waals surface area contributed by atoms with Gasteiger partial charge in [0.1, 0.15) is 0 Å². The first-order chi connectivity index (χ1) is 13.6. The molecule has 164 valence electrons. The van der Waals surface area contributed by atoms with Crippen molar-refractivity contribution in [3.63, 3.8) is 0 Å². The second-order valence-corrected chi connectivity index (χ2v) is 8.64. The molecule has 0 bridgehead atoms. The average molecular weight is 526 g/mol. The van der Waals surface area contributed by atoms with Gasteiger partial charge in [-0.1, -0.05) is 39.7 Å². The molecule has 1 N–H and O–H groups in total. The van der Waals surface area contributed by atoms with E-state index in [0.29, 0.717) is 18.0 Å². The van der Waals surface area contributed by atoms with E-state index in [1.165, 1.54) is 6.07 Å². The van der Waals surface area contributed by atoms with Crippen molar-refractivity contribution < 1.29 is 18.0 Å². The zero-order valence-electron chi connectivity index (χ0n) is 16.4. The summed E-state index contributed by atoms with van der Waals surface area (Å²) in [6, 6.07) is 8.95. The van der Waals surface area contributed by atoms with Crippen LogP contribution in [0.5, 0.6) is 0 Å². The molecule has 3 nitrogen and oxygen atoms in total. The van der Waals surface area contributed by atoms with Crippen LogP contribution in [-0.4, -0.2) is 37.0 Å². The van der Waals surface area contributed by atoms with Crippen LogP contribution in [0.15, 0.2) is 40.9 Å². The molecule has 1 heterocycles. The zero-order chi connectivity index (χ0) is 21.3. The van der Waals surface area contributed by atoms with Gasteiger partial charge in [-0.2, -0.15) is 13.2 Å². The van der Waals surface area contributed by atoms with Crippen LogP contribution in [0.3, 0.4) is 0 Å². The number of nitrogens with zero attached hydrogens (tertiary/aromatic N) is 1. The largest absolute Gasteiger partial charge is 0.416 e. The molecule has 30 heavy (non-hydrogen) atoms. The molecule has 2 aromatic rings. The fourth-order valence-corrected chi connectivity index (χ4v) is 4.39. The van der Waals surface area contributed by atoms with E-state index >= 15 is 0 Å². The van der Waals surface area contributed by atoms with E-state index in [1.54, 1.807) is 11.9 Å². The van der Waals surface area contributed by atoms with Crippen molar-refractivity contribution in [3.05, 3.63) is 68.1 Å². The lowest BCUT2D eigenvalue weighted by molar-refractivity contribution is -0.137. The highest BCUT2D eigenvalue weighted by molar-refractivity contribution is 9.10. The van der Waals surface area contributed by atoms with Gasteiger partial charge in [0, 0.05) is 40.6 Å². The summed E-state index contributed by atoms with van der Waals surface area (Å²) in [5.74, 6) is -0.415. The highest BCUT2D eigenvalue weighted by Crippen LogP contribution is 2.34. The summed E-state index contributed by atoms with van der Waals surface area (Å²) in [4.78, 5) is 14.6. The Labute approximate surface area is 193 Å². The number of likely N-dealkylation sites (N-methyl/N-ethyl adjacent to an activating group) is 1. The summed E-state index contributed by atoms with van der Waals surface area (Å²) in [5, 5.41) is 4.02. The molecule has 1 aliphatic rings. The highest BCUT2D eigenvalue weighted by atomic mass is 79.9. The first-order valence-corrected chi connectivity index (χ1v) is 10.4. The number of aryl methyl sites for hydroxylation is 1. The Bertz CT molecular complexity index is 924. The fraction of sp³-hybridized carbons (Fsp3) is 0.381. The molecule has 0 radical (unpaired) electrons. The molecule has 0 spiro atoms. The Balaban J connectivity index is 0.00000320. The molecule has 9 heteroatoms. The Kier molecular flexibility index (Phi) is 8.24. The average Bonchev–Trinajstić information content (AvgIpc) is 2.68. The van der Waals surface area contributed by atoms with Gasteiger partial charge in [0.05, 0.1) is 5.56 Å². The van der Waals surface area contributed by atoms with Crippen LogP contribution in [0.1, 0.15) is 39.4 Å². The predicted octanol–water partition coefficient (Wildman–Crippen LogP) is 6.07. The van der Waals surface area contributed by atoms with E-state index in [-0.39, 0.29) is 34.4 Å². The minimum Gasteiger partial charge on any atom is -0.338 e. The monoisotopic (exact) mass is 524 g/mol. The fourth-order valence-electron chi connectivity index (χ4n) is 3.78. The maximum atomic E-state index is 13.2. The number of benzene rings is 2. The molecule has 2 atom stereocenters. The molecule has 0 aromatic heterocycles. The molecule has 0 aliphatic carbocycles. The molecule has 0 unspecified atom stereocenters. The Morgan fingerprint density at radius 3 is 2.57 bits per heavy atom. The van der Waals surface area contributed by atoms with Gasteiger partial charge in [-0.15, -0.1) is 12.4 Å². The Morgan fingerprint density at radius 2 is 1.93 bits per heavy atom. The van der Waals surface area contributed by atoms with Crippen molar-refractivity contribution in [2.45, 2.75) is 31.5 Å². The summed E-state index contributed by atoms with van der Waals surface area (Å²) in [7, 11) is 1.66. The Morgan fingerprint density at radius 1 is 1.23 bits per heavy atom. The number of piperidine rings is 1. The number of alkyl halides is 3. The molecule has 1 aliphatic heterocycles. The van der Waals surface area contributed by atoms with Crippen LogP contribution in [0.4, 0.5) is 13.2 Å². The van der Waals surface area contributed by atoms with E-state index in [9.17, 15) is 18.0 Å². The van der Waals surface area contributed by atoms with Crippen LogP contribution < -0.4 is 5.32 Å². The van der Waals surface area contributed by atoms with Crippen LogP contribution in [0, 0.1) is 6.92 Å². The highest BCUT2D eigenvalue weighted by Gasteiger charge is 2.35. The van der Waals surface area contributed by atoms with Gasteiger partial charge in [-0.25, -0.2) is 0 Å². The van der Waals surface area contributed by atoms with Crippen LogP contribution in [0.25, 0.3) is 0 Å². The lowest BCUT2D eigenvalue weighted by Crippen LogP contribution is -2.49. The molecule has 1 fully saturated rings. The summed E-state index contributed by atoms with van der Waals surface area (Å²) in [5.41, 5.74) is 1.16. The lowest BCUT2D eigenvalue weighted by Gasteiger charge is -2.39. The maximum Gasteiger partial charge on any atom is 0.416 e. The number of carbonyl (C=O) groups is 1. The summed E-state index contributed by atoms with van der Waals surface area (Å²) in [6.07, 6.45) is -3.82. The van der Waals surface area contributed by atoms with E-state index in [0.717, 1.165) is 29.8 Å². The van der Waals surface area contributed by atoms with Gasteiger partial charge in [-0.05, 0) is 55.3 Å². The first kappa shape index (κ1) is 25.0. The number of hydrogen-bond acceptors (Lipinski definition) is 2. The summed E-state index contributed by atoms with van der Waals surface area (Å²) < 4.78 is 39.7. The molecule has 0 saturated carbocycles. The minimum atomic E-state index is -4.52. The third-order valence-electron chi connectivity index (χ3n) is 5.35. The quantitative estimate of drug-likeness (QED) is 0.527. The topological polar surface area (TPSA) is 32.3 Å². The molecule has 1 amide bonds. The van der Waals surface area contributed by atoms with Crippen LogP contribution in [-0.2, 0) is 6.18 Å². The van der Waals surface area contributed by atoms with Gasteiger partial charge in [0.25, 0.3) is 5.91 Å². The summed E-state index contributed by atoms with van der Waals surface area (Å²) in [6.45, 7) is 3.33. The van der Waals surface area contributed by atoms with Crippen molar-refractivity contribution >= 4 is 45.8 Å². The molecule has 3 rings (SSSR count). The number of rotatable bonds is 3. The number of nitrogens with one attached hydrogen (secondary N) is 1. The predicted molar refractivity (Wildman–Crippen MR) is 119 cm³/mol. The molecular weight excluding hydrogens is 504 g/mol. The van der Waals surface area contributed by atoms with Gasteiger partial charge in [0.15, 0.2) is 0 Å². The van der Waals surface area contributed by atoms with E-state index in [2.05, 4.69) is 21.2 Å². The third-order valence-corrected chi connectivity index (χ3v) is 6.23. The second-order valence-electron chi connectivity index (χ2n) is 7.32. The maximum absolute atomic E-state index is 13.2. The van der Waals surface area contributed by atoms with E-state index in [1.807, 2.05) is 25.1 Å². The smallest absolute Gasteiger partial charge is 0.338 e.